The zero-order valence-corrected chi connectivity index (χ0v) is 13.6. The fourth-order valence-corrected chi connectivity index (χ4v) is 6.06. The lowest BCUT2D eigenvalue weighted by Crippen LogP contribution is -2.37. The van der Waals surface area contributed by atoms with Gasteiger partial charge in [0.05, 0.1) is 23.5 Å². The Morgan fingerprint density at radius 1 is 1.29 bits per heavy atom. The molecular weight excluding hydrogens is 306 g/mol. The van der Waals surface area contributed by atoms with Crippen molar-refractivity contribution in [2.45, 2.75) is 38.1 Å². The number of nitrogens with one attached hydrogen (secondary N) is 1. The molecule has 4 nitrogen and oxygen atoms in total. The summed E-state index contributed by atoms with van der Waals surface area (Å²) in [5.74, 6) is 0.213. The van der Waals surface area contributed by atoms with E-state index >= 15 is 0 Å². The van der Waals surface area contributed by atoms with Crippen molar-refractivity contribution in [3.63, 3.8) is 0 Å². The van der Waals surface area contributed by atoms with Gasteiger partial charge in [0.25, 0.3) is 0 Å². The third-order valence-corrected chi connectivity index (χ3v) is 7.35. The molecule has 6 heteroatoms. The summed E-state index contributed by atoms with van der Waals surface area (Å²) in [6, 6.07) is 4.14. The smallest absolute Gasteiger partial charge is 0.224 e. The number of carbonyl (C=O) groups is 1. The second-order valence-electron chi connectivity index (χ2n) is 6.15. The predicted molar refractivity (Wildman–Crippen MR) is 83.9 cm³/mol. The van der Waals surface area contributed by atoms with Gasteiger partial charge in [-0.3, -0.25) is 4.79 Å². The second kappa shape index (κ2) is 6.08. The summed E-state index contributed by atoms with van der Waals surface area (Å²) in [4.78, 5) is 13.6. The Morgan fingerprint density at radius 2 is 2.05 bits per heavy atom. The van der Waals surface area contributed by atoms with Crippen molar-refractivity contribution in [2.24, 2.45) is 11.8 Å². The lowest BCUT2D eigenvalue weighted by Gasteiger charge is -2.25. The van der Waals surface area contributed by atoms with E-state index in [9.17, 15) is 13.2 Å². The molecule has 2 heterocycles. The summed E-state index contributed by atoms with van der Waals surface area (Å²) in [7, 11) is -3.01. The van der Waals surface area contributed by atoms with Crippen LogP contribution in [0, 0.1) is 11.8 Å². The highest BCUT2D eigenvalue weighted by molar-refractivity contribution is 7.91. The van der Waals surface area contributed by atoms with Crippen molar-refractivity contribution in [2.75, 3.05) is 11.5 Å². The van der Waals surface area contributed by atoms with Gasteiger partial charge < -0.3 is 5.32 Å². The fraction of sp³-hybridized carbons (Fsp3) is 0.667. The molecule has 0 bridgehead atoms. The lowest BCUT2D eigenvalue weighted by atomic mass is 9.95. The molecule has 2 aliphatic rings. The topological polar surface area (TPSA) is 63.2 Å². The first-order valence-corrected chi connectivity index (χ1v) is 10.3. The summed E-state index contributed by atoms with van der Waals surface area (Å²) in [6.07, 6.45) is 5.20. The Kier molecular flexibility index (Phi) is 4.36. The van der Waals surface area contributed by atoms with Crippen molar-refractivity contribution < 1.29 is 13.2 Å². The standard InChI is InChI=1S/C15H21NO3S2/c17-15(12-7-9-21(18,19)10-12)16-14(11-4-1-2-5-11)13-6-3-8-20-13/h3,6,8,11-12,14H,1-2,4-5,7,9-10H2,(H,16,17)/t12-,14+/m1/s1. The van der Waals surface area contributed by atoms with E-state index in [0.29, 0.717) is 12.3 Å². The largest absolute Gasteiger partial charge is 0.348 e. The van der Waals surface area contributed by atoms with E-state index in [2.05, 4.69) is 11.4 Å². The minimum Gasteiger partial charge on any atom is -0.348 e. The highest BCUT2D eigenvalue weighted by atomic mass is 32.2. The molecular formula is C15H21NO3S2. The molecule has 0 aromatic carbocycles. The molecule has 0 radical (unpaired) electrons. The van der Waals surface area contributed by atoms with Gasteiger partial charge in [-0.2, -0.15) is 0 Å². The Hall–Kier alpha value is -0.880. The molecule has 1 saturated carbocycles. The van der Waals surface area contributed by atoms with Crippen molar-refractivity contribution >= 4 is 27.1 Å². The monoisotopic (exact) mass is 327 g/mol. The van der Waals surface area contributed by atoms with Crippen molar-refractivity contribution in [1.82, 2.24) is 5.32 Å². The van der Waals surface area contributed by atoms with Crippen LogP contribution in [0.4, 0.5) is 0 Å². The molecule has 1 N–H and O–H groups in total. The molecule has 3 rings (SSSR count). The number of hydrogen-bond donors (Lipinski definition) is 1. The maximum absolute atomic E-state index is 12.4. The Bertz CT molecular complexity index is 588. The molecule has 0 spiro atoms. The molecule has 21 heavy (non-hydrogen) atoms. The predicted octanol–water partition coefficient (Wildman–Crippen LogP) is 2.53. The van der Waals surface area contributed by atoms with Crippen molar-refractivity contribution in [1.29, 1.82) is 0 Å². The molecule has 116 valence electrons. The van der Waals surface area contributed by atoms with Crippen molar-refractivity contribution in [3.8, 4) is 0 Å². The van der Waals surface area contributed by atoms with E-state index < -0.39 is 9.84 Å². The minimum atomic E-state index is -3.01. The average Bonchev–Trinajstić information content (AvgIpc) is 3.17. The maximum atomic E-state index is 12.4. The van der Waals surface area contributed by atoms with Crippen LogP contribution in [0.5, 0.6) is 0 Å². The normalized spacial score (nSPS) is 26.8. The van der Waals surface area contributed by atoms with E-state index in [1.54, 1.807) is 11.3 Å². The molecule has 1 aromatic heterocycles. The fourth-order valence-electron chi connectivity index (χ4n) is 3.45. The van der Waals surface area contributed by atoms with Crippen LogP contribution in [-0.4, -0.2) is 25.8 Å². The molecule has 2 fully saturated rings. The summed E-state index contributed by atoms with van der Waals surface area (Å²) >= 11 is 1.67. The van der Waals surface area contributed by atoms with E-state index in [1.165, 1.54) is 17.7 Å². The van der Waals surface area contributed by atoms with Gasteiger partial charge in [-0.05, 0) is 36.6 Å². The van der Waals surface area contributed by atoms with Crippen LogP contribution in [0.3, 0.4) is 0 Å². The highest BCUT2D eigenvalue weighted by Gasteiger charge is 2.36. The number of rotatable bonds is 4. The van der Waals surface area contributed by atoms with E-state index in [0.717, 1.165) is 12.8 Å². The molecule has 1 aliphatic heterocycles. The third kappa shape index (κ3) is 3.48. The zero-order valence-electron chi connectivity index (χ0n) is 12.0. The van der Waals surface area contributed by atoms with Gasteiger partial charge in [-0.1, -0.05) is 18.9 Å². The number of thiophene rings is 1. The number of hydrogen-bond acceptors (Lipinski definition) is 4. The first kappa shape index (κ1) is 15.0. The van der Waals surface area contributed by atoms with Crippen LogP contribution in [0.15, 0.2) is 17.5 Å². The van der Waals surface area contributed by atoms with Gasteiger partial charge in [0.1, 0.15) is 0 Å². The van der Waals surface area contributed by atoms with E-state index in [4.69, 9.17) is 0 Å². The molecule has 1 aliphatic carbocycles. The van der Waals surface area contributed by atoms with Crippen LogP contribution in [0.25, 0.3) is 0 Å². The molecule has 1 saturated heterocycles. The number of carbonyl (C=O) groups excluding carboxylic acids is 1. The average molecular weight is 327 g/mol. The van der Waals surface area contributed by atoms with E-state index in [-0.39, 0.29) is 29.4 Å². The Morgan fingerprint density at radius 3 is 2.62 bits per heavy atom. The van der Waals surface area contributed by atoms with Crippen LogP contribution >= 0.6 is 11.3 Å². The molecule has 2 atom stereocenters. The summed E-state index contributed by atoms with van der Waals surface area (Å²) < 4.78 is 23.1. The zero-order chi connectivity index (χ0) is 14.9. The maximum Gasteiger partial charge on any atom is 0.224 e. The second-order valence-corrected chi connectivity index (χ2v) is 9.35. The number of amides is 1. The lowest BCUT2D eigenvalue weighted by molar-refractivity contribution is -0.125. The van der Waals surface area contributed by atoms with Gasteiger partial charge in [-0.25, -0.2) is 8.42 Å². The molecule has 1 aromatic rings. The highest BCUT2D eigenvalue weighted by Crippen LogP contribution is 2.37. The van der Waals surface area contributed by atoms with Crippen LogP contribution < -0.4 is 5.32 Å². The van der Waals surface area contributed by atoms with Crippen LogP contribution in [-0.2, 0) is 14.6 Å². The number of sulfone groups is 1. The quantitative estimate of drug-likeness (QED) is 0.924. The van der Waals surface area contributed by atoms with Gasteiger partial charge in [0, 0.05) is 4.88 Å². The first-order chi connectivity index (χ1) is 10.1. The first-order valence-electron chi connectivity index (χ1n) is 7.59. The molecule has 1 amide bonds. The SMILES string of the molecule is O=C(N[C@H](c1cccs1)C1CCCC1)[C@@H]1CCS(=O)(=O)C1. The van der Waals surface area contributed by atoms with Crippen molar-refractivity contribution in [3.05, 3.63) is 22.4 Å². The van der Waals surface area contributed by atoms with E-state index in [1.807, 2.05) is 11.4 Å². The van der Waals surface area contributed by atoms with Gasteiger partial charge in [0.2, 0.25) is 5.91 Å². The Balaban J connectivity index is 1.71. The van der Waals surface area contributed by atoms with Crippen LogP contribution in [0.1, 0.15) is 43.0 Å². The van der Waals surface area contributed by atoms with Crippen LogP contribution in [0.2, 0.25) is 0 Å². The minimum absolute atomic E-state index is 0.0145. The summed E-state index contributed by atoms with van der Waals surface area (Å²) in [6.45, 7) is 0. The Labute approximate surface area is 129 Å². The molecule has 0 unspecified atom stereocenters. The van der Waals surface area contributed by atoms with Gasteiger partial charge in [-0.15, -0.1) is 11.3 Å². The van der Waals surface area contributed by atoms with Gasteiger partial charge >= 0.3 is 0 Å². The summed E-state index contributed by atoms with van der Waals surface area (Å²) in [5.41, 5.74) is 0. The summed E-state index contributed by atoms with van der Waals surface area (Å²) in [5, 5.41) is 5.18. The van der Waals surface area contributed by atoms with Gasteiger partial charge in [0.15, 0.2) is 9.84 Å². The third-order valence-electron chi connectivity index (χ3n) is 4.62.